The van der Waals surface area contributed by atoms with Gasteiger partial charge >= 0.3 is 5.97 Å². The van der Waals surface area contributed by atoms with Crippen molar-refractivity contribution in [2.24, 2.45) is 0 Å². The fourth-order valence-electron chi connectivity index (χ4n) is 1.57. The lowest BCUT2D eigenvalue weighted by Gasteiger charge is -2.18. The third-order valence-electron chi connectivity index (χ3n) is 2.48. The molecule has 0 spiro atoms. The van der Waals surface area contributed by atoms with Crippen LogP contribution in [0.2, 0.25) is 0 Å². The van der Waals surface area contributed by atoms with E-state index in [0.717, 1.165) is 0 Å². The summed E-state index contributed by atoms with van der Waals surface area (Å²) in [7, 11) is 0. The summed E-state index contributed by atoms with van der Waals surface area (Å²) in [5, 5.41) is 2.62. The van der Waals surface area contributed by atoms with Gasteiger partial charge in [-0.2, -0.15) is 0 Å². The molecule has 0 aromatic heterocycles. The van der Waals surface area contributed by atoms with Crippen LogP contribution in [0.4, 0.5) is 5.69 Å². The predicted molar refractivity (Wildman–Crippen MR) is 67.3 cm³/mol. The molecule has 0 fully saturated rings. The third-order valence-corrected chi connectivity index (χ3v) is 2.48. The van der Waals surface area contributed by atoms with Crippen LogP contribution in [-0.2, 0) is 14.3 Å². The second kappa shape index (κ2) is 6.08. The van der Waals surface area contributed by atoms with Crippen LogP contribution in [0.3, 0.4) is 0 Å². The molecule has 19 heavy (non-hydrogen) atoms. The zero-order valence-electron chi connectivity index (χ0n) is 10.6. The van der Waals surface area contributed by atoms with Crippen molar-refractivity contribution in [1.29, 1.82) is 0 Å². The number of nitrogens with one attached hydrogen (secondary N) is 1. The lowest BCUT2D eigenvalue weighted by atomic mass is 10.2. The van der Waals surface area contributed by atoms with Gasteiger partial charge in [-0.05, 0) is 12.1 Å². The van der Waals surface area contributed by atoms with E-state index in [1.807, 2.05) is 0 Å². The maximum Gasteiger partial charge on any atom is 0.306 e. The Morgan fingerprint density at radius 1 is 1.26 bits per heavy atom. The van der Waals surface area contributed by atoms with Gasteiger partial charge < -0.3 is 19.5 Å². The summed E-state index contributed by atoms with van der Waals surface area (Å²) >= 11 is 0. The van der Waals surface area contributed by atoms with Crippen molar-refractivity contribution in [3.8, 4) is 11.5 Å². The van der Waals surface area contributed by atoms with Gasteiger partial charge in [-0.15, -0.1) is 0 Å². The molecular formula is C13H15NO5. The third kappa shape index (κ3) is 3.61. The molecule has 1 aromatic rings. The van der Waals surface area contributed by atoms with Crippen LogP contribution in [0, 0.1) is 0 Å². The van der Waals surface area contributed by atoms with Crippen LogP contribution in [0.15, 0.2) is 18.2 Å². The second-order valence-corrected chi connectivity index (χ2v) is 3.92. The standard InChI is InChI=1S/C13H15NO5/c1-2-13(16)19-8-12(15)14-9-3-4-10-11(7-9)18-6-5-17-10/h3-4,7H,2,5-6,8H2,1H3,(H,14,15). The monoisotopic (exact) mass is 265 g/mol. The number of rotatable bonds is 4. The van der Waals surface area contributed by atoms with E-state index in [-0.39, 0.29) is 13.0 Å². The molecule has 1 N–H and O–H groups in total. The maximum absolute atomic E-state index is 11.5. The van der Waals surface area contributed by atoms with Crippen molar-refractivity contribution in [3.63, 3.8) is 0 Å². The molecule has 1 heterocycles. The molecule has 1 aliphatic rings. The van der Waals surface area contributed by atoms with Gasteiger partial charge in [-0.3, -0.25) is 9.59 Å². The van der Waals surface area contributed by atoms with Crippen LogP contribution in [0.5, 0.6) is 11.5 Å². The van der Waals surface area contributed by atoms with Crippen LogP contribution in [0.25, 0.3) is 0 Å². The molecule has 0 radical (unpaired) electrons. The number of carbonyl (C=O) groups is 2. The van der Waals surface area contributed by atoms with Gasteiger partial charge in [0.2, 0.25) is 0 Å². The van der Waals surface area contributed by atoms with Crippen molar-refractivity contribution in [2.75, 3.05) is 25.1 Å². The smallest absolute Gasteiger partial charge is 0.306 e. The zero-order valence-corrected chi connectivity index (χ0v) is 10.6. The highest BCUT2D eigenvalue weighted by molar-refractivity contribution is 5.93. The summed E-state index contributed by atoms with van der Waals surface area (Å²) in [5.41, 5.74) is 0.571. The normalized spacial score (nSPS) is 12.7. The van der Waals surface area contributed by atoms with Crippen molar-refractivity contribution >= 4 is 17.6 Å². The summed E-state index contributed by atoms with van der Waals surface area (Å²) in [5.74, 6) is 0.451. The summed E-state index contributed by atoms with van der Waals surface area (Å²) in [6.45, 7) is 2.38. The van der Waals surface area contributed by atoms with Crippen LogP contribution >= 0.6 is 0 Å². The first kappa shape index (κ1) is 13.2. The molecule has 6 nitrogen and oxygen atoms in total. The molecule has 1 aromatic carbocycles. The highest BCUT2D eigenvalue weighted by Gasteiger charge is 2.13. The molecule has 1 aliphatic heterocycles. The quantitative estimate of drug-likeness (QED) is 0.832. The Hall–Kier alpha value is -2.24. The minimum Gasteiger partial charge on any atom is -0.486 e. The molecule has 0 bridgehead atoms. The van der Waals surface area contributed by atoms with Gasteiger partial charge in [0.1, 0.15) is 13.2 Å². The van der Waals surface area contributed by atoms with Gasteiger partial charge in [-0.1, -0.05) is 6.92 Å². The van der Waals surface area contributed by atoms with E-state index >= 15 is 0 Å². The van der Waals surface area contributed by atoms with E-state index in [1.165, 1.54) is 0 Å². The maximum atomic E-state index is 11.5. The van der Waals surface area contributed by atoms with Gasteiger partial charge in [-0.25, -0.2) is 0 Å². The number of fused-ring (bicyclic) bond motifs is 1. The van der Waals surface area contributed by atoms with E-state index in [0.29, 0.717) is 30.4 Å². The number of carbonyl (C=O) groups excluding carboxylic acids is 2. The first-order chi connectivity index (χ1) is 9.19. The Labute approximate surface area is 110 Å². The van der Waals surface area contributed by atoms with E-state index in [2.05, 4.69) is 5.32 Å². The fourth-order valence-corrected chi connectivity index (χ4v) is 1.57. The van der Waals surface area contributed by atoms with Crippen molar-refractivity contribution in [2.45, 2.75) is 13.3 Å². The number of benzene rings is 1. The average molecular weight is 265 g/mol. The van der Waals surface area contributed by atoms with Crippen LogP contribution in [-0.4, -0.2) is 31.7 Å². The Bertz CT molecular complexity index is 486. The van der Waals surface area contributed by atoms with Gasteiger partial charge in [0, 0.05) is 18.2 Å². The largest absolute Gasteiger partial charge is 0.486 e. The van der Waals surface area contributed by atoms with Gasteiger partial charge in [0.15, 0.2) is 18.1 Å². The van der Waals surface area contributed by atoms with Crippen molar-refractivity contribution in [3.05, 3.63) is 18.2 Å². The van der Waals surface area contributed by atoms with Crippen molar-refractivity contribution < 1.29 is 23.8 Å². The van der Waals surface area contributed by atoms with E-state index in [9.17, 15) is 9.59 Å². The number of amides is 1. The predicted octanol–water partition coefficient (Wildman–Crippen LogP) is 1.35. The topological polar surface area (TPSA) is 73.9 Å². The fraction of sp³-hybridized carbons (Fsp3) is 0.385. The molecule has 6 heteroatoms. The number of hydrogen-bond donors (Lipinski definition) is 1. The molecule has 102 valence electrons. The minimum atomic E-state index is -0.405. The first-order valence-corrected chi connectivity index (χ1v) is 6.04. The molecule has 2 rings (SSSR count). The van der Waals surface area contributed by atoms with E-state index < -0.39 is 11.9 Å². The Morgan fingerprint density at radius 2 is 2.00 bits per heavy atom. The molecule has 0 saturated heterocycles. The summed E-state index contributed by atoms with van der Waals surface area (Å²) < 4.78 is 15.5. The molecule has 0 saturated carbocycles. The molecular weight excluding hydrogens is 250 g/mol. The minimum absolute atomic E-state index is 0.247. The molecule has 0 unspecified atom stereocenters. The zero-order chi connectivity index (χ0) is 13.7. The number of anilines is 1. The van der Waals surface area contributed by atoms with E-state index in [1.54, 1.807) is 25.1 Å². The van der Waals surface area contributed by atoms with E-state index in [4.69, 9.17) is 14.2 Å². The second-order valence-electron chi connectivity index (χ2n) is 3.92. The van der Waals surface area contributed by atoms with Gasteiger partial charge in [0.05, 0.1) is 0 Å². The summed E-state index contributed by atoms with van der Waals surface area (Å²) in [6, 6.07) is 5.10. The number of esters is 1. The SMILES string of the molecule is CCC(=O)OCC(=O)Nc1ccc2c(c1)OCCO2. The average Bonchev–Trinajstić information content (AvgIpc) is 2.44. The Kier molecular flexibility index (Phi) is 4.22. The molecule has 0 aliphatic carbocycles. The Balaban J connectivity index is 1.92. The molecule has 1 amide bonds. The van der Waals surface area contributed by atoms with Gasteiger partial charge in [0.25, 0.3) is 5.91 Å². The van der Waals surface area contributed by atoms with Crippen LogP contribution in [0.1, 0.15) is 13.3 Å². The van der Waals surface area contributed by atoms with Crippen LogP contribution < -0.4 is 14.8 Å². The first-order valence-electron chi connectivity index (χ1n) is 6.04. The number of ether oxygens (including phenoxy) is 3. The Morgan fingerprint density at radius 3 is 2.74 bits per heavy atom. The molecule has 0 atom stereocenters. The highest BCUT2D eigenvalue weighted by atomic mass is 16.6. The lowest BCUT2D eigenvalue weighted by molar-refractivity contribution is -0.146. The summed E-state index contributed by atoms with van der Waals surface area (Å²) in [4.78, 5) is 22.5. The summed E-state index contributed by atoms with van der Waals surface area (Å²) in [6.07, 6.45) is 0.247. The van der Waals surface area contributed by atoms with Crippen molar-refractivity contribution in [1.82, 2.24) is 0 Å². The number of hydrogen-bond acceptors (Lipinski definition) is 5. The lowest BCUT2D eigenvalue weighted by Crippen LogP contribution is -2.21. The highest BCUT2D eigenvalue weighted by Crippen LogP contribution is 2.32.